The van der Waals surface area contributed by atoms with Crippen LogP contribution in [0.4, 0.5) is 0 Å². The second-order valence-corrected chi connectivity index (χ2v) is 5.91. The van der Waals surface area contributed by atoms with Gasteiger partial charge in [-0.05, 0) is 44.2 Å². The van der Waals surface area contributed by atoms with E-state index in [-0.39, 0.29) is 12.6 Å². The molecular formula is C14H15NO3S. The highest BCUT2D eigenvalue weighted by Crippen LogP contribution is 2.30. The van der Waals surface area contributed by atoms with Crippen molar-refractivity contribution >= 4 is 17.3 Å². The highest BCUT2D eigenvalue weighted by molar-refractivity contribution is 7.14. The van der Waals surface area contributed by atoms with Gasteiger partial charge in [-0.15, -0.1) is 11.3 Å². The Kier molecular flexibility index (Phi) is 3.38. The Bertz CT molecular complexity index is 576. The molecule has 1 aliphatic rings. The summed E-state index contributed by atoms with van der Waals surface area (Å²) < 4.78 is 10.2. The lowest BCUT2D eigenvalue weighted by Gasteiger charge is -2.08. The number of aromatic nitrogens is 1. The molecule has 2 aromatic heterocycles. The third kappa shape index (κ3) is 2.71. The van der Waals surface area contributed by atoms with E-state index in [2.05, 4.69) is 5.16 Å². The van der Waals surface area contributed by atoms with Crippen molar-refractivity contribution in [2.24, 2.45) is 0 Å². The molecule has 1 aliphatic carbocycles. The van der Waals surface area contributed by atoms with Crippen molar-refractivity contribution in [3.05, 3.63) is 38.9 Å². The minimum atomic E-state index is -0.264. The van der Waals surface area contributed by atoms with Gasteiger partial charge in [0.1, 0.15) is 22.9 Å². The third-order valence-electron chi connectivity index (χ3n) is 3.23. The second kappa shape index (κ2) is 5.17. The van der Waals surface area contributed by atoms with E-state index in [0.717, 1.165) is 18.6 Å². The van der Waals surface area contributed by atoms with E-state index in [4.69, 9.17) is 9.26 Å². The lowest BCUT2D eigenvalue weighted by molar-refractivity contribution is 0.0470. The largest absolute Gasteiger partial charge is 0.455 e. The number of hydrogen-bond acceptors (Lipinski definition) is 5. The van der Waals surface area contributed by atoms with Crippen LogP contribution in [0.2, 0.25) is 0 Å². The molecule has 4 nitrogen and oxygen atoms in total. The molecule has 5 heteroatoms. The van der Waals surface area contributed by atoms with Crippen molar-refractivity contribution in [2.75, 3.05) is 0 Å². The lowest BCUT2D eigenvalue weighted by Crippen LogP contribution is -2.03. The van der Waals surface area contributed by atoms with Crippen LogP contribution in [0.3, 0.4) is 0 Å². The van der Waals surface area contributed by atoms with Crippen molar-refractivity contribution in [2.45, 2.75) is 39.2 Å². The van der Waals surface area contributed by atoms with Crippen LogP contribution in [0.25, 0.3) is 0 Å². The van der Waals surface area contributed by atoms with E-state index >= 15 is 0 Å². The maximum absolute atomic E-state index is 12.0. The van der Waals surface area contributed by atoms with Gasteiger partial charge in [-0.1, -0.05) is 5.16 Å². The van der Waals surface area contributed by atoms with Crippen LogP contribution in [0.5, 0.6) is 0 Å². The topological polar surface area (TPSA) is 52.3 Å². The maximum Gasteiger partial charge on any atom is 0.348 e. The first-order valence-electron chi connectivity index (χ1n) is 6.43. The molecule has 100 valence electrons. The fraction of sp³-hybridized carbons (Fsp3) is 0.429. The number of nitrogens with zero attached hydrogens (tertiary/aromatic N) is 1. The molecule has 0 N–H and O–H groups in total. The van der Waals surface area contributed by atoms with Gasteiger partial charge in [0.2, 0.25) is 0 Å². The Balaban J connectivity index is 1.65. The molecular weight excluding hydrogens is 262 g/mol. The van der Waals surface area contributed by atoms with Gasteiger partial charge in [0.15, 0.2) is 0 Å². The van der Waals surface area contributed by atoms with Crippen molar-refractivity contribution in [1.29, 1.82) is 0 Å². The highest BCUT2D eigenvalue weighted by atomic mass is 32.1. The molecule has 2 aromatic rings. The average molecular weight is 277 g/mol. The quantitative estimate of drug-likeness (QED) is 0.808. The van der Waals surface area contributed by atoms with E-state index in [1.807, 2.05) is 13.0 Å². The van der Waals surface area contributed by atoms with Crippen LogP contribution in [-0.2, 0) is 24.2 Å². The number of ether oxygens (including phenoxy) is 1. The summed E-state index contributed by atoms with van der Waals surface area (Å²) in [5.74, 6) is 0.456. The standard InChI is InChI=1S/C14H15NO3S/c1-9-6-11(15-18-9)8-17-14(16)13-7-10-4-2-3-5-12(10)19-13/h6-7H,2-5,8H2,1H3. The molecule has 3 rings (SSSR count). The number of thiophene rings is 1. The molecule has 0 unspecified atom stereocenters. The molecule has 2 heterocycles. The Morgan fingerprint density at radius 1 is 1.42 bits per heavy atom. The predicted octanol–water partition coefficient (Wildman–Crippen LogP) is 3.28. The van der Waals surface area contributed by atoms with Gasteiger partial charge >= 0.3 is 5.97 Å². The van der Waals surface area contributed by atoms with Crippen molar-refractivity contribution in [1.82, 2.24) is 5.16 Å². The molecule has 0 spiro atoms. The highest BCUT2D eigenvalue weighted by Gasteiger charge is 2.18. The summed E-state index contributed by atoms with van der Waals surface area (Å²) in [5.41, 5.74) is 1.97. The fourth-order valence-electron chi connectivity index (χ4n) is 2.29. The molecule has 0 fully saturated rings. The van der Waals surface area contributed by atoms with Crippen LogP contribution >= 0.6 is 11.3 Å². The van der Waals surface area contributed by atoms with Crippen molar-refractivity contribution in [3.8, 4) is 0 Å². The zero-order chi connectivity index (χ0) is 13.2. The van der Waals surface area contributed by atoms with Crippen LogP contribution in [0, 0.1) is 6.92 Å². The molecule has 0 saturated carbocycles. The summed E-state index contributed by atoms with van der Waals surface area (Å²) in [5, 5.41) is 3.80. The van der Waals surface area contributed by atoms with Crippen LogP contribution in [0.1, 0.15) is 44.4 Å². The fourth-order valence-corrected chi connectivity index (χ4v) is 3.44. The SMILES string of the molecule is Cc1cc(COC(=O)c2cc3c(s2)CCCC3)no1. The third-order valence-corrected chi connectivity index (χ3v) is 4.44. The summed E-state index contributed by atoms with van der Waals surface area (Å²) >= 11 is 1.57. The second-order valence-electron chi connectivity index (χ2n) is 4.77. The van der Waals surface area contributed by atoms with E-state index in [9.17, 15) is 4.79 Å². The van der Waals surface area contributed by atoms with E-state index < -0.39 is 0 Å². The molecule has 0 bridgehead atoms. The van der Waals surface area contributed by atoms with Gasteiger partial charge in [0.25, 0.3) is 0 Å². The number of carbonyl (C=O) groups excluding carboxylic acids is 1. The summed E-state index contributed by atoms with van der Waals surface area (Å²) in [6.07, 6.45) is 4.62. The molecule has 0 radical (unpaired) electrons. The number of esters is 1. The van der Waals surface area contributed by atoms with Crippen molar-refractivity contribution < 1.29 is 14.1 Å². The smallest absolute Gasteiger partial charge is 0.348 e. The lowest BCUT2D eigenvalue weighted by atomic mass is 9.99. The minimum Gasteiger partial charge on any atom is -0.455 e. The Morgan fingerprint density at radius 2 is 2.26 bits per heavy atom. The molecule has 0 aliphatic heterocycles. The van der Waals surface area contributed by atoms with E-state index in [0.29, 0.717) is 10.6 Å². The number of aryl methyl sites for hydroxylation is 3. The number of fused-ring (bicyclic) bond motifs is 1. The van der Waals surface area contributed by atoms with Crippen LogP contribution in [0.15, 0.2) is 16.7 Å². The monoisotopic (exact) mass is 277 g/mol. The van der Waals surface area contributed by atoms with Gasteiger partial charge < -0.3 is 9.26 Å². The number of carbonyl (C=O) groups is 1. The average Bonchev–Trinajstić information content (AvgIpc) is 3.01. The summed E-state index contributed by atoms with van der Waals surface area (Å²) in [6.45, 7) is 1.98. The Morgan fingerprint density at radius 3 is 3.00 bits per heavy atom. The van der Waals surface area contributed by atoms with Gasteiger partial charge in [-0.2, -0.15) is 0 Å². The zero-order valence-electron chi connectivity index (χ0n) is 10.8. The van der Waals surface area contributed by atoms with Gasteiger partial charge in [0, 0.05) is 10.9 Å². The Hall–Kier alpha value is -1.62. The molecule has 0 aromatic carbocycles. The predicted molar refractivity (Wildman–Crippen MR) is 71.3 cm³/mol. The summed E-state index contributed by atoms with van der Waals surface area (Å²) in [7, 11) is 0. The van der Waals surface area contributed by atoms with Crippen molar-refractivity contribution in [3.63, 3.8) is 0 Å². The molecule has 0 atom stereocenters. The summed E-state index contributed by atoms with van der Waals surface area (Å²) in [4.78, 5) is 14.0. The number of hydrogen-bond donors (Lipinski definition) is 0. The Labute approximate surface area is 115 Å². The van der Waals surface area contributed by atoms with E-state index in [1.165, 1.54) is 23.3 Å². The number of rotatable bonds is 3. The first-order chi connectivity index (χ1) is 9.22. The van der Waals surface area contributed by atoms with E-state index in [1.54, 1.807) is 17.4 Å². The minimum absolute atomic E-state index is 0.165. The van der Waals surface area contributed by atoms with Crippen LogP contribution < -0.4 is 0 Å². The molecule has 0 saturated heterocycles. The normalized spacial score (nSPS) is 14.2. The zero-order valence-corrected chi connectivity index (χ0v) is 11.6. The summed E-state index contributed by atoms with van der Waals surface area (Å²) in [6, 6.07) is 3.75. The first-order valence-corrected chi connectivity index (χ1v) is 7.25. The molecule has 19 heavy (non-hydrogen) atoms. The maximum atomic E-state index is 12.0. The molecule has 0 amide bonds. The van der Waals surface area contributed by atoms with Gasteiger partial charge in [-0.3, -0.25) is 0 Å². The van der Waals surface area contributed by atoms with Crippen LogP contribution in [-0.4, -0.2) is 11.1 Å². The van der Waals surface area contributed by atoms with Gasteiger partial charge in [-0.25, -0.2) is 4.79 Å². The first kappa shape index (κ1) is 12.4. The van der Waals surface area contributed by atoms with Gasteiger partial charge in [0.05, 0.1) is 0 Å².